The number of pyridine rings is 1. The Hall–Kier alpha value is -3.27. The van der Waals surface area contributed by atoms with Gasteiger partial charge in [-0.15, -0.1) is 0 Å². The number of hydrogen-bond donors (Lipinski definition) is 1. The maximum Gasteiger partial charge on any atom is 0.152 e. The highest BCUT2D eigenvalue weighted by Gasteiger charge is 1.99. The molecule has 2 heterocycles. The number of aldehydes is 2. The van der Waals surface area contributed by atoms with E-state index in [-0.39, 0.29) is 0 Å². The van der Waals surface area contributed by atoms with Crippen molar-refractivity contribution >= 4 is 34.4 Å². The maximum absolute atomic E-state index is 10.6. The Morgan fingerprint density at radius 1 is 0.783 bits per heavy atom. The molecule has 2 aromatic carbocycles. The van der Waals surface area contributed by atoms with Crippen LogP contribution in [0, 0.1) is 0 Å². The van der Waals surface area contributed by atoms with Crippen LogP contribution in [0.1, 0.15) is 20.7 Å². The van der Waals surface area contributed by atoms with Crippen molar-refractivity contribution in [2.24, 2.45) is 0 Å². The zero-order chi connectivity index (χ0) is 16.1. The van der Waals surface area contributed by atoms with E-state index in [0.717, 1.165) is 39.9 Å². The number of benzene rings is 2. The Labute approximate surface area is 132 Å². The Kier molecular flexibility index (Phi) is 4.25. The van der Waals surface area contributed by atoms with Gasteiger partial charge in [-0.2, -0.15) is 0 Å². The minimum atomic E-state index is 0.695. The van der Waals surface area contributed by atoms with E-state index in [9.17, 15) is 9.59 Å². The van der Waals surface area contributed by atoms with E-state index in [2.05, 4.69) is 9.97 Å². The van der Waals surface area contributed by atoms with E-state index in [0.29, 0.717) is 5.56 Å². The van der Waals surface area contributed by atoms with Gasteiger partial charge in [-0.3, -0.25) is 14.6 Å². The topological polar surface area (TPSA) is 62.8 Å². The highest BCUT2D eigenvalue weighted by Crippen LogP contribution is 2.15. The summed E-state index contributed by atoms with van der Waals surface area (Å²) in [5.74, 6) is 0. The van der Waals surface area contributed by atoms with E-state index >= 15 is 0 Å². The van der Waals surface area contributed by atoms with Gasteiger partial charge in [-0.05, 0) is 18.2 Å². The van der Waals surface area contributed by atoms with Crippen LogP contribution in [0.4, 0.5) is 0 Å². The van der Waals surface area contributed by atoms with Gasteiger partial charge in [-0.1, -0.05) is 36.4 Å². The molecule has 0 radical (unpaired) electrons. The average molecular weight is 302 g/mol. The minimum absolute atomic E-state index is 0.695. The lowest BCUT2D eigenvalue weighted by Gasteiger charge is -1.97. The lowest BCUT2D eigenvalue weighted by molar-refractivity contribution is 0.111. The number of carbonyl (C=O) groups is 2. The van der Waals surface area contributed by atoms with E-state index in [1.807, 2.05) is 48.5 Å². The summed E-state index contributed by atoms with van der Waals surface area (Å²) in [6, 6.07) is 17.0. The van der Waals surface area contributed by atoms with Gasteiger partial charge in [-0.25, -0.2) is 0 Å². The lowest BCUT2D eigenvalue weighted by atomic mass is 10.1. The summed E-state index contributed by atoms with van der Waals surface area (Å²) < 4.78 is 0. The third-order valence-corrected chi connectivity index (χ3v) is 3.56. The van der Waals surface area contributed by atoms with Crippen LogP contribution in [0.5, 0.6) is 0 Å². The summed E-state index contributed by atoms with van der Waals surface area (Å²) in [7, 11) is 0. The van der Waals surface area contributed by atoms with Crippen LogP contribution < -0.4 is 0 Å². The zero-order valence-electron chi connectivity index (χ0n) is 12.3. The highest BCUT2D eigenvalue weighted by atomic mass is 16.1. The van der Waals surface area contributed by atoms with Gasteiger partial charge in [0.15, 0.2) is 12.6 Å². The van der Waals surface area contributed by atoms with E-state index in [1.54, 1.807) is 18.5 Å². The number of para-hydroxylation sites is 2. The van der Waals surface area contributed by atoms with E-state index < -0.39 is 0 Å². The largest absolute Gasteiger partial charge is 0.360 e. The molecule has 2 aromatic heterocycles. The molecule has 0 aliphatic rings. The number of nitrogens with zero attached hydrogens (tertiary/aromatic N) is 1. The number of nitrogens with one attached hydrogen (secondary N) is 1. The van der Waals surface area contributed by atoms with Crippen LogP contribution in [0.15, 0.2) is 67.0 Å². The molecule has 4 nitrogen and oxygen atoms in total. The van der Waals surface area contributed by atoms with Crippen LogP contribution >= 0.6 is 0 Å². The molecule has 0 saturated heterocycles. The lowest BCUT2D eigenvalue weighted by Crippen LogP contribution is -1.84. The first kappa shape index (κ1) is 14.7. The van der Waals surface area contributed by atoms with Crippen molar-refractivity contribution in [3.05, 3.63) is 78.1 Å². The van der Waals surface area contributed by atoms with Crippen molar-refractivity contribution in [3.63, 3.8) is 0 Å². The monoisotopic (exact) mass is 302 g/mol. The van der Waals surface area contributed by atoms with E-state index in [4.69, 9.17) is 0 Å². The van der Waals surface area contributed by atoms with Gasteiger partial charge in [0.25, 0.3) is 0 Å². The normalized spacial score (nSPS) is 10.1. The molecule has 4 heteroatoms. The van der Waals surface area contributed by atoms with Crippen molar-refractivity contribution in [2.45, 2.75) is 0 Å². The Balaban J connectivity index is 0.000000136. The second-order valence-electron chi connectivity index (χ2n) is 4.94. The average Bonchev–Trinajstić information content (AvgIpc) is 3.05. The van der Waals surface area contributed by atoms with Crippen molar-refractivity contribution < 1.29 is 9.59 Å². The molecule has 1 N–H and O–H groups in total. The molecule has 0 aliphatic carbocycles. The molecule has 0 saturated carbocycles. The van der Waals surface area contributed by atoms with Gasteiger partial charge in [0, 0.05) is 39.8 Å². The fraction of sp³-hybridized carbons (Fsp3) is 0. The van der Waals surface area contributed by atoms with Crippen LogP contribution in [-0.2, 0) is 0 Å². The molecule has 0 spiro atoms. The van der Waals surface area contributed by atoms with Crippen molar-refractivity contribution in [1.82, 2.24) is 9.97 Å². The first-order chi connectivity index (χ1) is 11.3. The molecule has 0 bridgehead atoms. The first-order valence-electron chi connectivity index (χ1n) is 7.13. The fourth-order valence-corrected chi connectivity index (χ4v) is 2.41. The van der Waals surface area contributed by atoms with Gasteiger partial charge >= 0.3 is 0 Å². The highest BCUT2D eigenvalue weighted by molar-refractivity contribution is 5.97. The number of carbonyl (C=O) groups excluding carboxylic acids is 2. The fourth-order valence-electron chi connectivity index (χ4n) is 2.41. The molecule has 0 fully saturated rings. The second kappa shape index (κ2) is 6.66. The number of fused-ring (bicyclic) bond motifs is 2. The van der Waals surface area contributed by atoms with Gasteiger partial charge < -0.3 is 4.98 Å². The van der Waals surface area contributed by atoms with Crippen molar-refractivity contribution in [2.75, 3.05) is 0 Å². The summed E-state index contributed by atoms with van der Waals surface area (Å²) in [5, 5.41) is 1.90. The maximum atomic E-state index is 10.6. The number of H-pyrrole nitrogens is 1. The van der Waals surface area contributed by atoms with Crippen molar-refractivity contribution in [3.8, 4) is 0 Å². The van der Waals surface area contributed by atoms with Gasteiger partial charge in [0.1, 0.15) is 0 Å². The summed E-state index contributed by atoms with van der Waals surface area (Å²) in [5.41, 5.74) is 3.29. The third-order valence-electron chi connectivity index (χ3n) is 3.56. The molecule has 23 heavy (non-hydrogen) atoms. The molecule has 4 rings (SSSR count). The van der Waals surface area contributed by atoms with E-state index in [1.165, 1.54) is 0 Å². The Morgan fingerprint density at radius 3 is 2.26 bits per heavy atom. The summed E-state index contributed by atoms with van der Waals surface area (Å²) in [4.78, 5) is 28.2. The molecule has 4 aromatic rings. The zero-order valence-corrected chi connectivity index (χ0v) is 12.3. The standard InChI is InChI=1S/C10H7NO.C9H7NO/c12-7-8-5-6-11-10-4-2-1-3-9(8)10;11-6-7-5-10-9-4-2-1-3-8(7)9/h1-7H;1-6,10H. The summed E-state index contributed by atoms with van der Waals surface area (Å²) >= 11 is 0. The SMILES string of the molecule is O=Cc1c[nH]c2ccccc12.O=Cc1ccnc2ccccc12. The number of aromatic amines is 1. The van der Waals surface area contributed by atoms with Crippen LogP contribution in [0.25, 0.3) is 21.8 Å². The molecule has 112 valence electrons. The summed E-state index contributed by atoms with van der Waals surface area (Å²) in [6.45, 7) is 0. The molecular weight excluding hydrogens is 288 g/mol. The molecule has 0 unspecified atom stereocenters. The Bertz CT molecular complexity index is 968. The van der Waals surface area contributed by atoms with Gasteiger partial charge in [0.2, 0.25) is 0 Å². The summed E-state index contributed by atoms with van der Waals surface area (Å²) in [6.07, 6.45) is 5.08. The molecule has 0 aliphatic heterocycles. The quantitative estimate of drug-likeness (QED) is 0.569. The predicted molar refractivity (Wildman–Crippen MR) is 90.8 cm³/mol. The molecular formula is C19H14N2O2. The number of aromatic nitrogens is 2. The van der Waals surface area contributed by atoms with Crippen LogP contribution in [-0.4, -0.2) is 22.5 Å². The number of rotatable bonds is 2. The smallest absolute Gasteiger partial charge is 0.152 e. The molecule has 0 amide bonds. The molecule has 0 atom stereocenters. The second-order valence-corrected chi connectivity index (χ2v) is 4.94. The van der Waals surface area contributed by atoms with Crippen LogP contribution in [0.2, 0.25) is 0 Å². The third kappa shape index (κ3) is 3.01. The van der Waals surface area contributed by atoms with Gasteiger partial charge in [0.05, 0.1) is 5.52 Å². The predicted octanol–water partition coefficient (Wildman–Crippen LogP) is 4.03. The Morgan fingerprint density at radius 2 is 1.48 bits per heavy atom. The van der Waals surface area contributed by atoms with Crippen LogP contribution in [0.3, 0.4) is 0 Å². The minimum Gasteiger partial charge on any atom is -0.360 e. The van der Waals surface area contributed by atoms with Crippen molar-refractivity contribution in [1.29, 1.82) is 0 Å². The first-order valence-corrected chi connectivity index (χ1v) is 7.13. The number of hydrogen-bond acceptors (Lipinski definition) is 3.